The molecule has 0 spiro atoms. The van der Waals surface area contributed by atoms with Crippen molar-refractivity contribution >= 4 is 17.4 Å². The van der Waals surface area contributed by atoms with Crippen LogP contribution in [0.5, 0.6) is 0 Å². The minimum Gasteiger partial charge on any atom is -0.294 e. The molecule has 1 aromatic rings. The predicted molar refractivity (Wildman–Crippen MR) is 62.3 cm³/mol. The van der Waals surface area contributed by atoms with Crippen molar-refractivity contribution in [3.05, 3.63) is 34.9 Å². The van der Waals surface area contributed by atoms with Gasteiger partial charge in [-0.2, -0.15) is 0 Å². The van der Waals surface area contributed by atoms with Crippen LogP contribution in [0.1, 0.15) is 36.5 Å². The lowest BCUT2D eigenvalue weighted by Crippen LogP contribution is -2.11. The molecule has 1 nitrogen and oxygen atoms in total. The highest BCUT2D eigenvalue weighted by Crippen LogP contribution is 2.33. The number of hydrogen-bond acceptors (Lipinski definition) is 1. The summed E-state index contributed by atoms with van der Waals surface area (Å²) in [5.74, 6) is 1.10. The molecule has 1 saturated carbocycles. The Morgan fingerprint density at radius 1 is 1.33 bits per heavy atom. The van der Waals surface area contributed by atoms with Gasteiger partial charge in [0, 0.05) is 11.5 Å². The summed E-state index contributed by atoms with van der Waals surface area (Å²) < 4.78 is 0. The van der Waals surface area contributed by atoms with Crippen LogP contribution in [0.2, 0.25) is 5.02 Å². The number of Topliss-reactive ketones (excluding diaryl/α,β-unsaturated/α-hetero) is 1. The third-order valence-corrected chi connectivity index (χ3v) is 3.53. The van der Waals surface area contributed by atoms with Gasteiger partial charge in [-0.15, -0.1) is 0 Å². The summed E-state index contributed by atoms with van der Waals surface area (Å²) in [5.41, 5.74) is 0.693. The van der Waals surface area contributed by atoms with Gasteiger partial charge >= 0.3 is 0 Å². The average Bonchev–Trinajstić information content (AvgIpc) is 2.65. The largest absolute Gasteiger partial charge is 0.294 e. The van der Waals surface area contributed by atoms with E-state index in [2.05, 4.69) is 6.92 Å². The van der Waals surface area contributed by atoms with Gasteiger partial charge in [0.25, 0.3) is 0 Å². The quantitative estimate of drug-likeness (QED) is 0.693. The van der Waals surface area contributed by atoms with Crippen LogP contribution in [-0.4, -0.2) is 5.78 Å². The molecule has 2 rings (SSSR count). The molecule has 0 aromatic heterocycles. The summed E-state index contributed by atoms with van der Waals surface area (Å²) in [6, 6.07) is 7.34. The molecular formula is C13H15ClO. The Morgan fingerprint density at radius 3 is 2.67 bits per heavy atom. The molecule has 80 valence electrons. The fraction of sp³-hybridized carbons (Fsp3) is 0.462. The van der Waals surface area contributed by atoms with Crippen molar-refractivity contribution in [3.8, 4) is 0 Å². The zero-order valence-corrected chi connectivity index (χ0v) is 9.63. The van der Waals surface area contributed by atoms with E-state index in [9.17, 15) is 4.79 Å². The van der Waals surface area contributed by atoms with Crippen LogP contribution in [-0.2, 0) is 0 Å². The lowest BCUT2D eigenvalue weighted by Gasteiger charge is -2.09. The number of carbonyl (C=O) groups is 1. The SMILES string of the molecule is CC1CCC(C(=O)c2ccccc2Cl)C1. The number of carbonyl (C=O) groups excluding carboxylic acids is 1. The van der Waals surface area contributed by atoms with Crippen molar-refractivity contribution in [3.63, 3.8) is 0 Å². The smallest absolute Gasteiger partial charge is 0.167 e. The fourth-order valence-corrected chi connectivity index (χ4v) is 2.56. The molecule has 0 heterocycles. The van der Waals surface area contributed by atoms with E-state index >= 15 is 0 Å². The molecule has 15 heavy (non-hydrogen) atoms. The highest BCUT2D eigenvalue weighted by molar-refractivity contribution is 6.34. The molecule has 1 aliphatic rings. The molecule has 1 aliphatic carbocycles. The zero-order chi connectivity index (χ0) is 10.8. The van der Waals surface area contributed by atoms with Crippen LogP contribution in [0.15, 0.2) is 24.3 Å². The van der Waals surface area contributed by atoms with Crippen LogP contribution in [0, 0.1) is 11.8 Å². The van der Waals surface area contributed by atoms with Crippen molar-refractivity contribution < 1.29 is 4.79 Å². The maximum Gasteiger partial charge on any atom is 0.167 e. The first-order chi connectivity index (χ1) is 7.18. The summed E-state index contributed by atoms with van der Waals surface area (Å²) in [7, 11) is 0. The summed E-state index contributed by atoms with van der Waals surface area (Å²) >= 11 is 6.01. The molecule has 2 atom stereocenters. The van der Waals surface area contributed by atoms with Crippen LogP contribution < -0.4 is 0 Å². The van der Waals surface area contributed by atoms with Gasteiger partial charge in [-0.1, -0.05) is 30.7 Å². The van der Waals surface area contributed by atoms with Crippen molar-refractivity contribution in [1.29, 1.82) is 0 Å². The first kappa shape index (κ1) is 10.7. The summed E-state index contributed by atoms with van der Waals surface area (Å²) in [6.07, 6.45) is 3.20. The summed E-state index contributed by atoms with van der Waals surface area (Å²) in [5, 5.41) is 0.585. The van der Waals surface area contributed by atoms with Gasteiger partial charge in [0.2, 0.25) is 0 Å². The normalized spacial score (nSPS) is 25.5. The van der Waals surface area contributed by atoms with E-state index in [4.69, 9.17) is 11.6 Å². The molecule has 1 fully saturated rings. The molecule has 2 heteroatoms. The zero-order valence-electron chi connectivity index (χ0n) is 8.87. The second-order valence-electron chi connectivity index (χ2n) is 4.46. The highest BCUT2D eigenvalue weighted by atomic mass is 35.5. The first-order valence-electron chi connectivity index (χ1n) is 5.47. The topological polar surface area (TPSA) is 17.1 Å². The van der Waals surface area contributed by atoms with E-state index in [-0.39, 0.29) is 11.7 Å². The monoisotopic (exact) mass is 222 g/mol. The minimum absolute atomic E-state index is 0.194. The molecule has 0 bridgehead atoms. The Balaban J connectivity index is 2.18. The van der Waals surface area contributed by atoms with Crippen LogP contribution >= 0.6 is 11.6 Å². The second kappa shape index (κ2) is 4.36. The number of rotatable bonds is 2. The maximum absolute atomic E-state index is 12.1. The Morgan fingerprint density at radius 2 is 2.07 bits per heavy atom. The van der Waals surface area contributed by atoms with Gasteiger partial charge in [-0.25, -0.2) is 0 Å². The van der Waals surface area contributed by atoms with Crippen molar-refractivity contribution in [1.82, 2.24) is 0 Å². The maximum atomic E-state index is 12.1. The molecular weight excluding hydrogens is 208 g/mol. The lowest BCUT2D eigenvalue weighted by atomic mass is 9.95. The van der Waals surface area contributed by atoms with Crippen molar-refractivity contribution in [2.24, 2.45) is 11.8 Å². The Bertz CT molecular complexity index is 373. The lowest BCUT2D eigenvalue weighted by molar-refractivity contribution is 0.0920. The van der Waals surface area contributed by atoms with E-state index in [1.807, 2.05) is 18.2 Å². The van der Waals surface area contributed by atoms with Crippen LogP contribution in [0.25, 0.3) is 0 Å². The first-order valence-corrected chi connectivity index (χ1v) is 5.85. The van der Waals surface area contributed by atoms with Crippen molar-refractivity contribution in [2.45, 2.75) is 26.2 Å². The second-order valence-corrected chi connectivity index (χ2v) is 4.87. The van der Waals surface area contributed by atoms with E-state index in [1.165, 1.54) is 6.42 Å². The third kappa shape index (κ3) is 2.23. The molecule has 0 amide bonds. The Labute approximate surface area is 95.4 Å². The van der Waals surface area contributed by atoms with Gasteiger partial charge < -0.3 is 0 Å². The molecule has 0 aliphatic heterocycles. The molecule has 0 saturated heterocycles. The standard InChI is InChI=1S/C13H15ClO/c1-9-6-7-10(8-9)13(15)11-4-2-3-5-12(11)14/h2-5,9-10H,6-8H2,1H3. The molecule has 2 unspecified atom stereocenters. The number of halogens is 1. The van der Waals surface area contributed by atoms with Gasteiger partial charge in [0.1, 0.15) is 0 Å². The molecule has 0 radical (unpaired) electrons. The van der Waals surface area contributed by atoms with Crippen LogP contribution in [0.4, 0.5) is 0 Å². The molecule has 1 aromatic carbocycles. The number of hydrogen-bond donors (Lipinski definition) is 0. The van der Waals surface area contributed by atoms with Crippen LogP contribution in [0.3, 0.4) is 0 Å². The third-order valence-electron chi connectivity index (χ3n) is 3.20. The van der Waals surface area contributed by atoms with Gasteiger partial charge in [-0.3, -0.25) is 4.79 Å². The average molecular weight is 223 g/mol. The van der Waals surface area contributed by atoms with Gasteiger partial charge in [0.15, 0.2) is 5.78 Å². The Hall–Kier alpha value is -0.820. The van der Waals surface area contributed by atoms with Gasteiger partial charge in [0.05, 0.1) is 5.02 Å². The van der Waals surface area contributed by atoms with E-state index < -0.39 is 0 Å². The summed E-state index contributed by atoms with van der Waals surface area (Å²) in [6.45, 7) is 2.21. The minimum atomic E-state index is 0.194. The number of benzene rings is 1. The van der Waals surface area contributed by atoms with Gasteiger partial charge in [-0.05, 0) is 37.3 Å². The van der Waals surface area contributed by atoms with Crippen molar-refractivity contribution in [2.75, 3.05) is 0 Å². The fourth-order valence-electron chi connectivity index (χ4n) is 2.33. The van der Waals surface area contributed by atoms with E-state index in [0.717, 1.165) is 12.8 Å². The Kier molecular flexibility index (Phi) is 3.11. The van der Waals surface area contributed by atoms with E-state index in [1.54, 1.807) is 6.07 Å². The highest BCUT2D eigenvalue weighted by Gasteiger charge is 2.28. The summed E-state index contributed by atoms with van der Waals surface area (Å²) in [4.78, 5) is 12.1. The predicted octanol–water partition coefficient (Wildman–Crippen LogP) is 3.96. The van der Waals surface area contributed by atoms with E-state index in [0.29, 0.717) is 16.5 Å². The molecule has 0 N–H and O–H groups in total. The number of ketones is 1.